The third-order valence-electron chi connectivity index (χ3n) is 7.03. The molecule has 0 bridgehead atoms. The Bertz CT molecular complexity index is 843. The second kappa shape index (κ2) is 13.8. The molecule has 2 N–H and O–H groups in total. The molecular formula is C28H45F3N2O4. The average molecular weight is 531 g/mol. The van der Waals surface area contributed by atoms with Crippen LogP contribution < -0.4 is 10.1 Å². The van der Waals surface area contributed by atoms with Crippen LogP contribution in [0.5, 0.6) is 5.75 Å². The first-order valence-electron chi connectivity index (χ1n) is 13.3. The Balaban J connectivity index is 2.25. The monoisotopic (exact) mass is 530 g/mol. The maximum absolute atomic E-state index is 13.3. The van der Waals surface area contributed by atoms with Gasteiger partial charge in [0.25, 0.3) is 0 Å². The van der Waals surface area contributed by atoms with Gasteiger partial charge in [0.1, 0.15) is 5.75 Å². The molecule has 6 nitrogen and oxygen atoms in total. The number of unbranched alkanes of at least 4 members (excludes halogenated alkanes) is 1. The number of nitrogens with zero attached hydrogens (tertiary/aromatic N) is 1. The van der Waals surface area contributed by atoms with Crippen LogP contribution in [0, 0.1) is 17.3 Å². The highest BCUT2D eigenvalue weighted by Crippen LogP contribution is 2.41. The lowest BCUT2D eigenvalue weighted by molar-refractivity contribution is -0.274. The highest BCUT2D eigenvalue weighted by molar-refractivity contribution is 5.76. The van der Waals surface area contributed by atoms with Crippen LogP contribution in [0.4, 0.5) is 13.2 Å². The molecule has 1 fully saturated rings. The van der Waals surface area contributed by atoms with Crippen molar-refractivity contribution < 1.29 is 32.5 Å². The standard InChI is InChI=1S/C28H45F3N2O4/c1-26(2,3)18-21(19-32-4)16-25(34)33-14-9-11-23(20-33)27(35,13-6-7-15-36-5)22-10-8-12-24(17-22)37-28(29,30)31/h8,10,12,17,21,23,32,35H,6-7,9,11,13-16,18-20H2,1-5H3/t21-,23+,27+/m0/s1. The summed E-state index contributed by atoms with van der Waals surface area (Å²) in [4.78, 5) is 15.2. The molecule has 2 rings (SSSR count). The van der Waals surface area contributed by atoms with Gasteiger partial charge in [0.05, 0.1) is 5.60 Å². The molecule has 1 aromatic rings. The Morgan fingerprint density at radius 3 is 2.59 bits per heavy atom. The number of piperidine rings is 1. The number of alkyl halides is 3. The number of nitrogens with one attached hydrogen (secondary N) is 1. The topological polar surface area (TPSA) is 71.0 Å². The Morgan fingerprint density at radius 1 is 1.24 bits per heavy atom. The van der Waals surface area contributed by atoms with Crippen LogP contribution >= 0.6 is 0 Å². The van der Waals surface area contributed by atoms with E-state index in [4.69, 9.17) is 4.74 Å². The van der Waals surface area contributed by atoms with E-state index >= 15 is 0 Å². The number of carbonyl (C=O) groups excluding carboxylic acids is 1. The highest BCUT2D eigenvalue weighted by atomic mass is 19.4. The maximum atomic E-state index is 13.3. The molecule has 0 radical (unpaired) electrons. The molecule has 0 aliphatic carbocycles. The van der Waals surface area contributed by atoms with Gasteiger partial charge >= 0.3 is 6.36 Å². The van der Waals surface area contributed by atoms with Gasteiger partial charge in [-0.05, 0) is 81.1 Å². The summed E-state index contributed by atoms with van der Waals surface area (Å²) in [7, 11) is 3.49. The van der Waals surface area contributed by atoms with E-state index in [0.717, 1.165) is 19.4 Å². The molecule has 1 aliphatic rings. The van der Waals surface area contributed by atoms with Crippen molar-refractivity contribution in [3.8, 4) is 5.75 Å². The first kappa shape index (κ1) is 31.4. The second-order valence-electron chi connectivity index (χ2n) is 11.5. The molecule has 1 saturated heterocycles. The number of halogens is 3. The fourth-order valence-corrected chi connectivity index (χ4v) is 5.53. The van der Waals surface area contributed by atoms with E-state index in [9.17, 15) is 23.1 Å². The van der Waals surface area contributed by atoms with Crippen LogP contribution in [0.3, 0.4) is 0 Å². The van der Waals surface area contributed by atoms with Gasteiger partial charge in [-0.3, -0.25) is 4.79 Å². The summed E-state index contributed by atoms with van der Waals surface area (Å²) in [6, 6.07) is 5.62. The zero-order chi connectivity index (χ0) is 27.7. The van der Waals surface area contributed by atoms with E-state index in [-0.39, 0.29) is 28.9 Å². The predicted molar refractivity (Wildman–Crippen MR) is 138 cm³/mol. The molecule has 37 heavy (non-hydrogen) atoms. The smallest absolute Gasteiger partial charge is 0.406 e. The molecule has 3 atom stereocenters. The van der Waals surface area contributed by atoms with Crippen LogP contribution in [-0.4, -0.2) is 62.7 Å². The van der Waals surface area contributed by atoms with Crippen molar-refractivity contribution in [2.45, 2.75) is 77.7 Å². The first-order valence-corrected chi connectivity index (χ1v) is 13.3. The van der Waals surface area contributed by atoms with Gasteiger partial charge in [0, 0.05) is 39.1 Å². The van der Waals surface area contributed by atoms with Gasteiger partial charge in [-0.15, -0.1) is 13.2 Å². The Kier molecular flexibility index (Phi) is 11.7. The minimum absolute atomic E-state index is 0.0603. The summed E-state index contributed by atoms with van der Waals surface area (Å²) in [5.74, 6) is -0.410. The van der Waals surface area contributed by atoms with E-state index in [1.807, 2.05) is 11.9 Å². The maximum Gasteiger partial charge on any atom is 0.573 e. The Labute approximate surface area is 219 Å². The third-order valence-corrected chi connectivity index (χ3v) is 7.03. The zero-order valence-corrected chi connectivity index (χ0v) is 23.0. The fraction of sp³-hybridized carbons (Fsp3) is 0.750. The number of benzene rings is 1. The minimum Gasteiger partial charge on any atom is -0.406 e. The molecule has 0 saturated carbocycles. The summed E-state index contributed by atoms with van der Waals surface area (Å²) >= 11 is 0. The van der Waals surface area contributed by atoms with Crippen molar-refractivity contribution in [3.63, 3.8) is 0 Å². The molecule has 0 unspecified atom stereocenters. The summed E-state index contributed by atoms with van der Waals surface area (Å²) < 4.78 is 47.9. The lowest BCUT2D eigenvalue weighted by Gasteiger charge is -2.43. The second-order valence-corrected chi connectivity index (χ2v) is 11.5. The fourth-order valence-electron chi connectivity index (χ4n) is 5.53. The van der Waals surface area contributed by atoms with Crippen molar-refractivity contribution in [2.75, 3.05) is 40.4 Å². The molecule has 1 heterocycles. The number of hydrogen-bond acceptors (Lipinski definition) is 5. The Hall–Kier alpha value is -1.84. The van der Waals surface area contributed by atoms with Gasteiger partial charge in [0.15, 0.2) is 0 Å². The highest BCUT2D eigenvalue weighted by Gasteiger charge is 2.42. The van der Waals surface area contributed by atoms with Crippen molar-refractivity contribution >= 4 is 5.91 Å². The molecule has 1 aromatic carbocycles. The lowest BCUT2D eigenvalue weighted by Crippen LogP contribution is -2.48. The van der Waals surface area contributed by atoms with E-state index in [1.54, 1.807) is 13.2 Å². The number of likely N-dealkylation sites (tertiary alicyclic amines) is 1. The number of ether oxygens (including phenoxy) is 2. The van der Waals surface area contributed by atoms with E-state index in [2.05, 4.69) is 30.8 Å². The van der Waals surface area contributed by atoms with Gasteiger partial charge in [0.2, 0.25) is 5.91 Å². The van der Waals surface area contributed by atoms with E-state index < -0.39 is 12.0 Å². The lowest BCUT2D eigenvalue weighted by atomic mass is 9.74. The van der Waals surface area contributed by atoms with Gasteiger partial charge in [-0.1, -0.05) is 32.9 Å². The summed E-state index contributed by atoms with van der Waals surface area (Å²) in [6.07, 6.45) is -0.383. The van der Waals surface area contributed by atoms with Gasteiger partial charge < -0.3 is 24.8 Å². The number of hydrogen-bond donors (Lipinski definition) is 2. The number of methoxy groups -OCH3 is 1. The summed E-state index contributed by atoms with van der Waals surface area (Å²) in [5, 5.41) is 15.2. The van der Waals surface area contributed by atoms with Gasteiger partial charge in [-0.2, -0.15) is 0 Å². The average Bonchev–Trinajstić information content (AvgIpc) is 2.80. The minimum atomic E-state index is -4.82. The number of amides is 1. The number of rotatable bonds is 13. The number of aliphatic hydroxyl groups is 1. The van der Waals surface area contributed by atoms with Crippen molar-refractivity contribution in [2.24, 2.45) is 17.3 Å². The Morgan fingerprint density at radius 2 is 1.97 bits per heavy atom. The van der Waals surface area contributed by atoms with Crippen LogP contribution in [-0.2, 0) is 15.1 Å². The molecule has 0 aromatic heterocycles. The van der Waals surface area contributed by atoms with Crippen molar-refractivity contribution in [3.05, 3.63) is 29.8 Å². The van der Waals surface area contributed by atoms with Crippen LogP contribution in [0.25, 0.3) is 0 Å². The normalized spacial score (nSPS) is 19.4. The van der Waals surface area contributed by atoms with Gasteiger partial charge in [-0.25, -0.2) is 0 Å². The van der Waals surface area contributed by atoms with Crippen LogP contribution in [0.15, 0.2) is 24.3 Å². The van der Waals surface area contributed by atoms with Crippen LogP contribution in [0.1, 0.15) is 71.3 Å². The molecule has 1 amide bonds. The van der Waals surface area contributed by atoms with E-state index in [0.29, 0.717) is 57.4 Å². The van der Waals surface area contributed by atoms with Crippen molar-refractivity contribution in [1.29, 1.82) is 0 Å². The first-order chi connectivity index (χ1) is 17.3. The SMILES string of the molecule is CNC[C@@H](CC(=O)N1CCC[C@@H]([C@@](O)(CCCCOC)c2cccc(OC(F)(F)F)c2)C1)CC(C)(C)C. The third kappa shape index (κ3) is 10.4. The van der Waals surface area contributed by atoms with Crippen molar-refractivity contribution in [1.82, 2.24) is 10.2 Å². The molecule has 1 aliphatic heterocycles. The molecule has 212 valence electrons. The molecular weight excluding hydrogens is 485 g/mol. The summed E-state index contributed by atoms with van der Waals surface area (Å²) in [5.41, 5.74) is -0.919. The van der Waals surface area contributed by atoms with E-state index in [1.165, 1.54) is 18.2 Å². The quantitative estimate of drug-likeness (QED) is 0.330. The molecule has 0 spiro atoms. The molecule has 9 heteroatoms. The number of carbonyl (C=O) groups is 1. The predicted octanol–water partition coefficient (Wildman–Crippen LogP) is 5.49. The zero-order valence-electron chi connectivity index (χ0n) is 23.0. The largest absolute Gasteiger partial charge is 0.573 e. The van der Waals surface area contributed by atoms with Crippen LogP contribution in [0.2, 0.25) is 0 Å². The summed E-state index contributed by atoms with van der Waals surface area (Å²) in [6.45, 7) is 8.75.